The van der Waals surface area contributed by atoms with Crippen LogP contribution in [0.25, 0.3) is 0 Å². The molecule has 180 valence electrons. The maximum absolute atomic E-state index is 12.6. The number of nitrogens with two attached hydrogens (primary N) is 1. The minimum Gasteiger partial charge on any atom is -0.348 e. The van der Waals surface area contributed by atoms with E-state index in [4.69, 9.17) is 5.84 Å². The SMILES string of the molecule is CC\C=C/C(=C\C=C(/C)CCC)CN=C/C(=N\N)C(=O)NC1CC(c2cc(C)ccc2C#N)C1. The summed E-state index contributed by atoms with van der Waals surface area (Å²) >= 11 is 0. The Labute approximate surface area is 204 Å². The number of allylic oxidation sites excluding steroid dienone is 4. The molecule has 1 aromatic rings. The van der Waals surface area contributed by atoms with Crippen molar-refractivity contribution in [2.24, 2.45) is 15.9 Å². The highest BCUT2D eigenvalue weighted by Crippen LogP contribution is 2.38. The molecule has 0 spiro atoms. The summed E-state index contributed by atoms with van der Waals surface area (Å²) in [6, 6.07) is 8.18. The third-order valence-electron chi connectivity index (χ3n) is 5.89. The predicted octanol–water partition coefficient (Wildman–Crippen LogP) is 5.25. The van der Waals surface area contributed by atoms with E-state index >= 15 is 0 Å². The van der Waals surface area contributed by atoms with Crippen molar-refractivity contribution in [3.63, 3.8) is 0 Å². The molecule has 0 heterocycles. The van der Waals surface area contributed by atoms with E-state index in [9.17, 15) is 10.1 Å². The van der Waals surface area contributed by atoms with Crippen molar-refractivity contribution in [3.05, 3.63) is 70.3 Å². The molecule has 0 aliphatic heterocycles. The first-order valence-electron chi connectivity index (χ1n) is 12.0. The number of benzene rings is 1. The Hall–Kier alpha value is -3.46. The van der Waals surface area contributed by atoms with Gasteiger partial charge in [-0.1, -0.05) is 67.8 Å². The van der Waals surface area contributed by atoms with Gasteiger partial charge in [0.25, 0.3) is 5.91 Å². The summed E-state index contributed by atoms with van der Waals surface area (Å²) in [7, 11) is 0. The Morgan fingerprint density at radius 2 is 2.06 bits per heavy atom. The summed E-state index contributed by atoms with van der Waals surface area (Å²) in [5.74, 6) is 5.42. The monoisotopic (exact) mass is 459 g/mol. The molecule has 0 saturated heterocycles. The van der Waals surface area contributed by atoms with Gasteiger partial charge in [0.05, 0.1) is 24.4 Å². The van der Waals surface area contributed by atoms with Crippen LogP contribution in [0.15, 0.2) is 63.7 Å². The third kappa shape index (κ3) is 8.15. The first-order valence-corrected chi connectivity index (χ1v) is 12.0. The normalized spacial score (nSPS) is 19.3. The van der Waals surface area contributed by atoms with Crippen LogP contribution in [-0.2, 0) is 4.79 Å². The second kappa shape index (κ2) is 13.9. The van der Waals surface area contributed by atoms with E-state index in [1.807, 2.05) is 19.1 Å². The lowest BCUT2D eigenvalue weighted by Gasteiger charge is -2.36. The highest BCUT2D eigenvalue weighted by atomic mass is 16.2. The average molecular weight is 460 g/mol. The first-order chi connectivity index (χ1) is 16.4. The van der Waals surface area contributed by atoms with Gasteiger partial charge in [-0.3, -0.25) is 9.79 Å². The number of hydrogen-bond donors (Lipinski definition) is 2. The van der Waals surface area contributed by atoms with Crippen LogP contribution in [0, 0.1) is 18.3 Å². The molecule has 34 heavy (non-hydrogen) atoms. The molecule has 2 rings (SSSR count). The van der Waals surface area contributed by atoms with E-state index in [1.54, 1.807) is 0 Å². The van der Waals surface area contributed by atoms with Crippen LogP contribution in [0.3, 0.4) is 0 Å². The Morgan fingerprint density at radius 3 is 2.71 bits per heavy atom. The zero-order valence-corrected chi connectivity index (χ0v) is 20.8. The van der Waals surface area contributed by atoms with Crippen molar-refractivity contribution >= 4 is 17.8 Å². The quantitative estimate of drug-likeness (QED) is 0.204. The topological polar surface area (TPSA) is 104 Å². The Kier molecular flexibility index (Phi) is 11.0. The third-order valence-corrected chi connectivity index (χ3v) is 5.89. The zero-order valence-electron chi connectivity index (χ0n) is 20.8. The number of amides is 1. The number of carbonyl (C=O) groups excluding carboxylic acids is 1. The molecule has 1 aliphatic carbocycles. The van der Waals surface area contributed by atoms with E-state index < -0.39 is 0 Å². The fourth-order valence-corrected chi connectivity index (χ4v) is 3.92. The Balaban J connectivity index is 1.94. The van der Waals surface area contributed by atoms with E-state index in [-0.39, 0.29) is 23.6 Å². The molecule has 1 aromatic carbocycles. The fourth-order valence-electron chi connectivity index (χ4n) is 3.92. The number of nitriles is 1. The van der Waals surface area contributed by atoms with E-state index in [0.29, 0.717) is 12.1 Å². The van der Waals surface area contributed by atoms with Crippen molar-refractivity contribution < 1.29 is 4.79 Å². The number of hydrogen-bond acceptors (Lipinski definition) is 5. The predicted molar refractivity (Wildman–Crippen MR) is 141 cm³/mol. The molecule has 0 unspecified atom stereocenters. The maximum atomic E-state index is 12.6. The summed E-state index contributed by atoms with van der Waals surface area (Å²) in [6.45, 7) is 8.84. The summed E-state index contributed by atoms with van der Waals surface area (Å²) in [5, 5.41) is 16.0. The molecule has 1 amide bonds. The van der Waals surface area contributed by atoms with Gasteiger partial charge in [0.15, 0.2) is 5.71 Å². The van der Waals surface area contributed by atoms with Crippen molar-refractivity contribution in [1.29, 1.82) is 5.26 Å². The van der Waals surface area contributed by atoms with Crippen LogP contribution >= 0.6 is 0 Å². The van der Waals surface area contributed by atoms with E-state index in [0.717, 1.165) is 48.8 Å². The number of nitrogens with zero attached hydrogens (tertiary/aromatic N) is 3. The van der Waals surface area contributed by atoms with Gasteiger partial charge in [-0.25, -0.2) is 0 Å². The maximum Gasteiger partial charge on any atom is 0.273 e. The molecule has 0 radical (unpaired) electrons. The molecular formula is C28H37N5O. The highest BCUT2D eigenvalue weighted by molar-refractivity contribution is 6.60. The van der Waals surface area contributed by atoms with Crippen molar-refractivity contribution in [2.75, 3.05) is 6.54 Å². The summed E-state index contributed by atoms with van der Waals surface area (Å²) in [4.78, 5) is 17.0. The van der Waals surface area contributed by atoms with Gasteiger partial charge >= 0.3 is 0 Å². The smallest absolute Gasteiger partial charge is 0.273 e. The minimum atomic E-state index is -0.326. The standard InChI is InChI=1S/C28H37N5O/c1-5-7-9-22(12-10-20(3)8-6-2)18-31-19-27(33-30)28(34)32-25-15-24(16-25)26-14-21(4)11-13-23(26)17-29/h7,9-14,19,24-25H,5-6,8,15-16,18,30H2,1-4H3,(H,32,34)/b9-7-,20-10+,22-12+,31-19?,33-27+. The summed E-state index contributed by atoms with van der Waals surface area (Å²) in [6.07, 6.45) is 14.5. The number of carbonyl (C=O) groups is 1. The Bertz CT molecular complexity index is 1030. The van der Waals surface area contributed by atoms with Gasteiger partial charge in [-0.05, 0) is 62.7 Å². The second-order valence-electron chi connectivity index (χ2n) is 8.84. The molecule has 0 bridgehead atoms. The van der Waals surface area contributed by atoms with E-state index in [2.05, 4.69) is 72.6 Å². The van der Waals surface area contributed by atoms with Gasteiger partial charge in [0.2, 0.25) is 0 Å². The summed E-state index contributed by atoms with van der Waals surface area (Å²) < 4.78 is 0. The van der Waals surface area contributed by atoms with Crippen LogP contribution in [0.2, 0.25) is 0 Å². The van der Waals surface area contributed by atoms with Gasteiger partial charge < -0.3 is 11.2 Å². The number of rotatable bonds is 11. The van der Waals surface area contributed by atoms with Gasteiger partial charge in [-0.2, -0.15) is 10.4 Å². The number of hydrazone groups is 1. The number of aliphatic imine (C=N–C) groups is 1. The second-order valence-corrected chi connectivity index (χ2v) is 8.84. The van der Waals surface area contributed by atoms with Crippen LogP contribution in [0.1, 0.15) is 75.5 Å². The molecule has 3 N–H and O–H groups in total. The van der Waals surface area contributed by atoms with E-state index in [1.165, 1.54) is 11.8 Å². The molecular weight excluding hydrogens is 422 g/mol. The lowest BCUT2D eigenvalue weighted by Crippen LogP contribution is -2.46. The molecule has 1 aliphatic rings. The molecule has 6 heteroatoms. The van der Waals surface area contributed by atoms with Crippen molar-refractivity contribution in [3.8, 4) is 6.07 Å². The molecule has 1 saturated carbocycles. The lowest BCUT2D eigenvalue weighted by molar-refractivity contribution is -0.115. The summed E-state index contributed by atoms with van der Waals surface area (Å²) in [5.41, 5.74) is 5.38. The van der Waals surface area contributed by atoms with Crippen molar-refractivity contribution in [2.45, 2.75) is 71.8 Å². The van der Waals surface area contributed by atoms with Crippen LogP contribution in [0.5, 0.6) is 0 Å². The molecule has 6 nitrogen and oxygen atoms in total. The number of aryl methyl sites for hydroxylation is 1. The molecule has 0 aromatic heterocycles. The van der Waals surface area contributed by atoms with Gasteiger partial charge in [0.1, 0.15) is 0 Å². The average Bonchev–Trinajstić information content (AvgIpc) is 2.80. The van der Waals surface area contributed by atoms with Crippen molar-refractivity contribution in [1.82, 2.24) is 5.32 Å². The lowest BCUT2D eigenvalue weighted by atomic mass is 9.74. The van der Waals surface area contributed by atoms with Gasteiger partial charge in [-0.15, -0.1) is 0 Å². The zero-order chi connectivity index (χ0) is 24.9. The fraction of sp³-hybridized carbons (Fsp3) is 0.429. The number of nitrogens with one attached hydrogen (secondary N) is 1. The highest BCUT2D eigenvalue weighted by Gasteiger charge is 2.33. The molecule has 1 fully saturated rings. The van der Waals surface area contributed by atoms with Crippen LogP contribution in [0.4, 0.5) is 0 Å². The van der Waals surface area contributed by atoms with Gasteiger partial charge in [0, 0.05) is 6.04 Å². The Morgan fingerprint density at radius 1 is 1.29 bits per heavy atom. The largest absolute Gasteiger partial charge is 0.348 e. The van der Waals surface area contributed by atoms with Crippen LogP contribution < -0.4 is 11.2 Å². The first kappa shape index (κ1) is 26.8. The minimum absolute atomic E-state index is 0.0318. The van der Waals surface area contributed by atoms with Crippen LogP contribution in [-0.4, -0.2) is 30.4 Å². The molecule has 0 atom stereocenters.